The Morgan fingerprint density at radius 2 is 1.75 bits per heavy atom. The minimum absolute atomic E-state index is 0.193. The Kier molecular flexibility index (Phi) is 5.41. The minimum Gasteiger partial charge on any atom is -0.495 e. The van der Waals surface area contributed by atoms with Gasteiger partial charge in [-0.15, -0.1) is 0 Å². The monoisotopic (exact) mass is 452 g/mol. The molecule has 166 valence electrons. The zero-order chi connectivity index (χ0) is 22.4. The Morgan fingerprint density at radius 3 is 2.38 bits per heavy atom. The maximum Gasteiger partial charge on any atom is 0.248 e. The Hall–Kier alpha value is -2.86. The highest BCUT2D eigenvalue weighted by atomic mass is 35.5. The Balaban J connectivity index is 1.47. The quantitative estimate of drug-likeness (QED) is 0.674. The molecule has 3 aliphatic rings. The number of amides is 3. The van der Waals surface area contributed by atoms with Gasteiger partial charge in [0.05, 0.1) is 24.6 Å². The van der Waals surface area contributed by atoms with E-state index in [4.69, 9.17) is 16.3 Å². The number of nitrogens with zero attached hydrogens (tertiary/aromatic N) is 1. The number of nitrogens with one attached hydrogen (secondary N) is 1. The van der Waals surface area contributed by atoms with Crippen LogP contribution in [-0.4, -0.2) is 35.8 Å². The lowest BCUT2D eigenvalue weighted by Gasteiger charge is -2.27. The Bertz CT molecular complexity index is 1040. The molecule has 3 fully saturated rings. The van der Waals surface area contributed by atoms with Crippen LogP contribution in [-0.2, 0) is 20.8 Å². The van der Waals surface area contributed by atoms with E-state index >= 15 is 0 Å². The first-order valence-corrected chi connectivity index (χ1v) is 11.4. The number of likely N-dealkylation sites (tertiary alicyclic amines) is 1. The summed E-state index contributed by atoms with van der Waals surface area (Å²) in [5.74, 6) is -0.373. The van der Waals surface area contributed by atoms with Crippen molar-refractivity contribution in [1.29, 1.82) is 0 Å². The van der Waals surface area contributed by atoms with Crippen LogP contribution in [0.25, 0.3) is 0 Å². The fraction of sp³-hybridized carbons (Fsp3) is 0.400. The fourth-order valence-electron chi connectivity index (χ4n) is 5.87. The third kappa shape index (κ3) is 3.47. The van der Waals surface area contributed by atoms with Crippen LogP contribution >= 0.6 is 11.6 Å². The average molecular weight is 453 g/mol. The molecule has 1 saturated heterocycles. The van der Waals surface area contributed by atoms with E-state index in [1.807, 2.05) is 30.3 Å². The van der Waals surface area contributed by atoms with E-state index < -0.39 is 11.9 Å². The molecule has 2 saturated carbocycles. The number of halogens is 1. The second-order valence-electron chi connectivity index (χ2n) is 8.97. The number of carbonyl (C=O) groups excluding carboxylic acids is 3. The number of fused-ring (bicyclic) bond motifs is 5. The van der Waals surface area contributed by atoms with Gasteiger partial charge in [-0.1, -0.05) is 41.9 Å². The molecule has 7 heteroatoms. The second-order valence-corrected chi connectivity index (χ2v) is 9.41. The summed E-state index contributed by atoms with van der Waals surface area (Å²) in [6.45, 7) is 0. The molecule has 0 aromatic heterocycles. The van der Waals surface area contributed by atoms with E-state index in [-0.39, 0.29) is 41.9 Å². The maximum atomic E-state index is 13.5. The number of anilines is 1. The van der Waals surface area contributed by atoms with E-state index in [0.717, 1.165) is 24.8 Å². The van der Waals surface area contributed by atoms with Gasteiger partial charge >= 0.3 is 0 Å². The van der Waals surface area contributed by atoms with Crippen LogP contribution in [0.2, 0.25) is 5.02 Å². The number of imide groups is 1. The first-order chi connectivity index (χ1) is 15.5. The van der Waals surface area contributed by atoms with Crippen molar-refractivity contribution in [2.45, 2.75) is 31.7 Å². The summed E-state index contributed by atoms with van der Waals surface area (Å²) < 4.78 is 5.34. The summed E-state index contributed by atoms with van der Waals surface area (Å²) in [4.78, 5) is 41.6. The highest BCUT2D eigenvalue weighted by Crippen LogP contribution is 2.56. The van der Waals surface area contributed by atoms with Gasteiger partial charge in [-0.3, -0.25) is 19.3 Å². The van der Waals surface area contributed by atoms with Gasteiger partial charge in [0, 0.05) is 11.4 Å². The smallest absolute Gasteiger partial charge is 0.248 e. The van der Waals surface area contributed by atoms with Crippen molar-refractivity contribution in [1.82, 2.24) is 4.90 Å². The number of hydrogen-bond acceptors (Lipinski definition) is 4. The average Bonchev–Trinajstić information content (AvgIpc) is 3.47. The number of hydrogen-bond donors (Lipinski definition) is 1. The normalized spacial score (nSPS) is 26.9. The number of rotatable bonds is 6. The number of methoxy groups -OCH3 is 1. The Morgan fingerprint density at radius 1 is 1.09 bits per heavy atom. The van der Waals surface area contributed by atoms with E-state index in [2.05, 4.69) is 5.32 Å². The lowest BCUT2D eigenvalue weighted by Crippen LogP contribution is -2.49. The van der Waals surface area contributed by atoms with Crippen LogP contribution in [0.4, 0.5) is 5.69 Å². The maximum absolute atomic E-state index is 13.5. The molecule has 2 aromatic carbocycles. The van der Waals surface area contributed by atoms with Gasteiger partial charge in [0.2, 0.25) is 17.7 Å². The topological polar surface area (TPSA) is 75.7 Å². The first kappa shape index (κ1) is 21.0. The molecule has 5 unspecified atom stereocenters. The standard InChI is InChI=1S/C25H25ClN2O4/c1-32-20-10-9-17(26)13-18(20)27-23(29)19(11-14-5-3-2-4-6-14)28-24(30)21-15-7-8-16(12-15)22(21)25(28)31/h2-6,9-10,13,15-16,19,21-22H,7-8,11-12H2,1H3,(H,27,29). The molecular formula is C25H25ClN2O4. The highest BCUT2D eigenvalue weighted by molar-refractivity contribution is 6.31. The van der Waals surface area contributed by atoms with Crippen molar-refractivity contribution in [2.75, 3.05) is 12.4 Å². The summed E-state index contributed by atoms with van der Waals surface area (Å²) in [6.07, 6.45) is 3.19. The third-order valence-corrected chi connectivity index (χ3v) is 7.50. The lowest BCUT2D eigenvalue weighted by molar-refractivity contribution is -0.147. The van der Waals surface area contributed by atoms with Crippen molar-refractivity contribution in [3.63, 3.8) is 0 Å². The van der Waals surface area contributed by atoms with Crippen LogP contribution in [0, 0.1) is 23.7 Å². The first-order valence-electron chi connectivity index (χ1n) is 11.0. The molecule has 3 amide bonds. The molecule has 0 spiro atoms. The summed E-state index contributed by atoms with van der Waals surface area (Å²) in [5, 5.41) is 3.29. The number of ether oxygens (including phenoxy) is 1. The lowest BCUT2D eigenvalue weighted by atomic mass is 9.81. The number of benzene rings is 2. The van der Waals surface area contributed by atoms with Crippen LogP contribution in [0.1, 0.15) is 24.8 Å². The van der Waals surface area contributed by atoms with Gasteiger partial charge in [-0.25, -0.2) is 0 Å². The molecule has 32 heavy (non-hydrogen) atoms. The van der Waals surface area contributed by atoms with Crippen molar-refractivity contribution in [3.8, 4) is 5.75 Å². The molecule has 2 aliphatic carbocycles. The van der Waals surface area contributed by atoms with E-state index in [1.54, 1.807) is 18.2 Å². The van der Waals surface area contributed by atoms with Gasteiger partial charge in [0.25, 0.3) is 0 Å². The van der Waals surface area contributed by atoms with Crippen LogP contribution < -0.4 is 10.1 Å². The van der Waals surface area contributed by atoms with Gasteiger partial charge < -0.3 is 10.1 Å². The predicted octanol–water partition coefficient (Wildman–Crippen LogP) is 3.93. The second kappa shape index (κ2) is 8.24. The molecule has 5 rings (SSSR count). The number of carbonyl (C=O) groups is 3. The van der Waals surface area contributed by atoms with Crippen molar-refractivity contribution < 1.29 is 19.1 Å². The SMILES string of the molecule is COc1ccc(Cl)cc1NC(=O)C(Cc1ccccc1)N1C(=O)C2C3CCC(C3)C2C1=O. The molecule has 1 aliphatic heterocycles. The molecular weight excluding hydrogens is 428 g/mol. The van der Waals surface area contributed by atoms with Crippen molar-refractivity contribution in [2.24, 2.45) is 23.7 Å². The van der Waals surface area contributed by atoms with Gasteiger partial charge in [0.15, 0.2) is 0 Å². The summed E-state index contributed by atoms with van der Waals surface area (Å²) >= 11 is 6.12. The summed E-state index contributed by atoms with van der Waals surface area (Å²) in [7, 11) is 1.50. The predicted molar refractivity (Wildman–Crippen MR) is 120 cm³/mol. The van der Waals surface area contributed by atoms with E-state index in [9.17, 15) is 14.4 Å². The molecule has 2 aromatic rings. The van der Waals surface area contributed by atoms with E-state index in [0.29, 0.717) is 16.5 Å². The zero-order valence-electron chi connectivity index (χ0n) is 17.8. The fourth-order valence-corrected chi connectivity index (χ4v) is 6.04. The summed E-state index contributed by atoms with van der Waals surface area (Å²) in [6, 6.07) is 13.4. The van der Waals surface area contributed by atoms with Crippen LogP contribution in [0.15, 0.2) is 48.5 Å². The minimum atomic E-state index is -0.939. The van der Waals surface area contributed by atoms with Crippen LogP contribution in [0.3, 0.4) is 0 Å². The van der Waals surface area contributed by atoms with Gasteiger partial charge in [0.1, 0.15) is 11.8 Å². The molecule has 6 nitrogen and oxygen atoms in total. The van der Waals surface area contributed by atoms with E-state index in [1.165, 1.54) is 12.0 Å². The largest absolute Gasteiger partial charge is 0.495 e. The summed E-state index contributed by atoms with van der Waals surface area (Å²) in [5.41, 5.74) is 1.29. The molecule has 1 N–H and O–H groups in total. The molecule has 2 bridgehead atoms. The molecule has 1 heterocycles. The third-order valence-electron chi connectivity index (χ3n) is 7.27. The molecule has 5 atom stereocenters. The van der Waals surface area contributed by atoms with Crippen molar-refractivity contribution in [3.05, 3.63) is 59.1 Å². The zero-order valence-corrected chi connectivity index (χ0v) is 18.5. The highest BCUT2D eigenvalue weighted by Gasteiger charge is 2.62. The van der Waals surface area contributed by atoms with Gasteiger partial charge in [-0.05, 0) is 54.9 Å². The van der Waals surface area contributed by atoms with Crippen LogP contribution in [0.5, 0.6) is 5.75 Å². The molecule has 0 radical (unpaired) electrons. The van der Waals surface area contributed by atoms with Gasteiger partial charge in [-0.2, -0.15) is 0 Å². The van der Waals surface area contributed by atoms with Crippen molar-refractivity contribution >= 4 is 35.0 Å². The Labute approximate surface area is 191 Å².